The average molecular weight is 541 g/mol. The van der Waals surface area contributed by atoms with Crippen LogP contribution in [0.5, 0.6) is 0 Å². The van der Waals surface area contributed by atoms with Gasteiger partial charge >= 0.3 is 6.18 Å². The molecule has 0 spiro atoms. The molecule has 7 nitrogen and oxygen atoms in total. The zero-order valence-electron chi connectivity index (χ0n) is 20.2. The van der Waals surface area contributed by atoms with Gasteiger partial charge in [0.15, 0.2) is 0 Å². The highest BCUT2D eigenvalue weighted by atomic mass is 32.2. The van der Waals surface area contributed by atoms with E-state index in [0.717, 1.165) is 18.2 Å². The van der Waals surface area contributed by atoms with Crippen LogP contribution < -0.4 is 10.2 Å². The number of thioether (sulfide) groups is 1. The smallest absolute Gasteiger partial charge is 0.382 e. The van der Waals surface area contributed by atoms with E-state index in [4.69, 9.17) is 9.47 Å². The molecule has 2 N–H and O–H groups in total. The van der Waals surface area contributed by atoms with Crippen molar-refractivity contribution in [2.24, 2.45) is 4.99 Å². The first-order chi connectivity index (χ1) is 17.8. The van der Waals surface area contributed by atoms with Crippen LogP contribution in [-0.4, -0.2) is 87.1 Å². The van der Waals surface area contributed by atoms with Gasteiger partial charge in [0.25, 0.3) is 0 Å². The Balaban J connectivity index is 1.71. The van der Waals surface area contributed by atoms with E-state index in [-0.39, 0.29) is 23.8 Å². The molecule has 1 fully saturated rings. The van der Waals surface area contributed by atoms with Crippen molar-refractivity contribution in [3.05, 3.63) is 47.3 Å². The van der Waals surface area contributed by atoms with Crippen molar-refractivity contribution < 1.29 is 32.1 Å². The number of rotatable bonds is 5. The normalized spacial score (nSPS) is 21.9. The first kappa shape index (κ1) is 26.2. The van der Waals surface area contributed by atoms with E-state index in [1.54, 1.807) is 12.0 Å². The zero-order chi connectivity index (χ0) is 26.2. The molecular formula is C25H28F4N4O3S. The van der Waals surface area contributed by atoms with Crippen LogP contribution in [0.4, 0.5) is 23.2 Å². The molecule has 0 saturated carbocycles. The molecule has 0 aromatic heterocycles. The van der Waals surface area contributed by atoms with Gasteiger partial charge in [0.1, 0.15) is 11.7 Å². The molecule has 0 bridgehead atoms. The molecule has 0 aliphatic carbocycles. The largest absolute Gasteiger partial charge is 0.417 e. The predicted octanol–water partition coefficient (Wildman–Crippen LogP) is 3.40. The van der Waals surface area contributed by atoms with Crippen LogP contribution in [0.1, 0.15) is 11.1 Å². The summed E-state index contributed by atoms with van der Waals surface area (Å²) in [6, 6.07) is 6.15. The summed E-state index contributed by atoms with van der Waals surface area (Å²) in [5.41, 5.74) is 0.209. The van der Waals surface area contributed by atoms with E-state index in [0.29, 0.717) is 67.1 Å². The molecule has 37 heavy (non-hydrogen) atoms. The maximum atomic E-state index is 14.6. The lowest BCUT2D eigenvalue weighted by atomic mass is 9.93. The summed E-state index contributed by atoms with van der Waals surface area (Å²) in [5.74, 6) is 0.167. The molecule has 2 aromatic rings. The molecule has 2 atom stereocenters. The third-order valence-corrected chi connectivity index (χ3v) is 7.83. The van der Waals surface area contributed by atoms with E-state index in [2.05, 4.69) is 10.3 Å². The number of hydrogen-bond donors (Lipinski definition) is 2. The maximum Gasteiger partial charge on any atom is 0.417 e. The fraction of sp³-hybridized carbons (Fsp3) is 0.480. The minimum absolute atomic E-state index is 0.0347. The van der Waals surface area contributed by atoms with Gasteiger partial charge in [-0.1, -0.05) is 12.1 Å². The van der Waals surface area contributed by atoms with Crippen molar-refractivity contribution in [2.75, 3.05) is 63.7 Å². The van der Waals surface area contributed by atoms with Gasteiger partial charge in [-0.15, -0.1) is 11.8 Å². The number of amidine groups is 1. The van der Waals surface area contributed by atoms with E-state index in [9.17, 15) is 22.7 Å². The van der Waals surface area contributed by atoms with Crippen LogP contribution in [0.3, 0.4) is 0 Å². The van der Waals surface area contributed by atoms with Gasteiger partial charge in [-0.25, -0.2) is 9.38 Å². The SMILES string of the molecule is COCCO[C@@H]1CSc2c(-c3ccc(F)cc3)c(C(F)(F)F)cc3c2N(C1)C(O)N=C3N1CCNCC1. The monoisotopic (exact) mass is 540 g/mol. The van der Waals surface area contributed by atoms with Gasteiger partial charge in [0, 0.05) is 61.6 Å². The number of aliphatic hydroxyl groups excluding tert-OH is 1. The van der Waals surface area contributed by atoms with Crippen LogP contribution in [0, 0.1) is 5.82 Å². The first-order valence-electron chi connectivity index (χ1n) is 12.0. The molecule has 5 rings (SSSR count). The molecule has 2 aromatic carbocycles. The number of aliphatic hydroxyl groups is 1. The molecule has 3 aliphatic heterocycles. The Hall–Kier alpha value is -2.38. The summed E-state index contributed by atoms with van der Waals surface area (Å²) in [7, 11) is 1.56. The summed E-state index contributed by atoms with van der Waals surface area (Å²) in [6.07, 6.45) is -6.35. The Morgan fingerprint density at radius 2 is 1.89 bits per heavy atom. The summed E-state index contributed by atoms with van der Waals surface area (Å²) < 4.78 is 68.5. The second-order valence-electron chi connectivity index (χ2n) is 9.01. The number of methoxy groups -OCH3 is 1. The zero-order valence-corrected chi connectivity index (χ0v) is 21.0. The van der Waals surface area contributed by atoms with Crippen LogP contribution in [0.2, 0.25) is 0 Å². The van der Waals surface area contributed by atoms with Crippen molar-refractivity contribution in [2.45, 2.75) is 23.5 Å². The number of ether oxygens (including phenoxy) is 2. The van der Waals surface area contributed by atoms with Crippen LogP contribution in [-0.2, 0) is 15.7 Å². The molecule has 200 valence electrons. The number of anilines is 1. The van der Waals surface area contributed by atoms with Crippen LogP contribution >= 0.6 is 11.8 Å². The lowest BCUT2D eigenvalue weighted by Crippen LogP contribution is -2.51. The number of nitrogens with zero attached hydrogens (tertiary/aromatic N) is 3. The van der Waals surface area contributed by atoms with Crippen molar-refractivity contribution >= 4 is 23.3 Å². The highest BCUT2D eigenvalue weighted by Crippen LogP contribution is 2.51. The number of halogens is 4. The summed E-state index contributed by atoms with van der Waals surface area (Å²) >= 11 is 1.25. The summed E-state index contributed by atoms with van der Waals surface area (Å²) in [4.78, 5) is 8.37. The van der Waals surface area contributed by atoms with Crippen molar-refractivity contribution in [1.82, 2.24) is 10.2 Å². The number of hydrogen-bond acceptors (Lipinski definition) is 8. The van der Waals surface area contributed by atoms with E-state index < -0.39 is 23.9 Å². The Labute approximate surface area is 216 Å². The van der Waals surface area contributed by atoms with Gasteiger partial charge in [-0.05, 0) is 23.8 Å². The molecule has 12 heteroatoms. The van der Waals surface area contributed by atoms with Crippen LogP contribution in [0.15, 0.2) is 40.2 Å². The quantitative estimate of drug-likeness (QED) is 0.445. The van der Waals surface area contributed by atoms with Gasteiger partial charge in [0.05, 0.1) is 30.6 Å². The number of nitrogens with one attached hydrogen (secondary N) is 1. The maximum absolute atomic E-state index is 14.6. The Kier molecular flexibility index (Phi) is 7.64. The van der Waals surface area contributed by atoms with Gasteiger partial charge in [0.2, 0.25) is 6.35 Å². The van der Waals surface area contributed by atoms with Crippen molar-refractivity contribution in [1.29, 1.82) is 0 Å². The topological polar surface area (TPSA) is 69.6 Å². The Morgan fingerprint density at radius 3 is 2.57 bits per heavy atom. The Bertz CT molecular complexity index is 1160. The van der Waals surface area contributed by atoms with Gasteiger partial charge in [-0.2, -0.15) is 13.2 Å². The Morgan fingerprint density at radius 1 is 1.16 bits per heavy atom. The highest BCUT2D eigenvalue weighted by molar-refractivity contribution is 7.99. The fourth-order valence-corrected chi connectivity index (χ4v) is 6.19. The van der Waals surface area contributed by atoms with Crippen LogP contribution in [0.25, 0.3) is 11.1 Å². The lowest BCUT2D eigenvalue weighted by molar-refractivity contribution is -0.137. The lowest BCUT2D eigenvalue weighted by Gasteiger charge is -2.40. The third kappa shape index (κ3) is 5.30. The molecule has 1 unspecified atom stereocenters. The number of aliphatic imine (C=N–C) groups is 1. The summed E-state index contributed by atoms with van der Waals surface area (Å²) in [5, 5.41) is 14.4. The number of piperazine rings is 1. The molecule has 3 aliphatic rings. The molecule has 0 amide bonds. The standard InChI is InChI=1S/C25H28F4N4O3S/c1-35-10-11-36-17-13-33-21-18(23(31-24(33)34)32-8-6-30-7-9-32)12-19(25(27,28)29)20(22(21)37-14-17)15-2-4-16(26)5-3-15/h2-5,12,17,24,30,34H,6-11,13-14H2,1H3/t17-,24?/m0/s1. The minimum atomic E-state index is -4.67. The minimum Gasteiger partial charge on any atom is -0.382 e. The molecular weight excluding hydrogens is 512 g/mol. The van der Waals surface area contributed by atoms with E-state index in [1.807, 2.05) is 4.90 Å². The number of benzene rings is 2. The van der Waals surface area contributed by atoms with E-state index in [1.165, 1.54) is 23.9 Å². The fourth-order valence-electron chi connectivity index (χ4n) is 4.90. The van der Waals surface area contributed by atoms with Crippen molar-refractivity contribution in [3.63, 3.8) is 0 Å². The highest BCUT2D eigenvalue weighted by Gasteiger charge is 2.42. The predicted molar refractivity (Wildman–Crippen MR) is 134 cm³/mol. The van der Waals surface area contributed by atoms with E-state index >= 15 is 0 Å². The second kappa shape index (κ2) is 10.8. The first-order valence-corrected chi connectivity index (χ1v) is 13.0. The average Bonchev–Trinajstić information content (AvgIpc) is 3.07. The molecule has 1 saturated heterocycles. The third-order valence-electron chi connectivity index (χ3n) is 6.61. The summed E-state index contributed by atoms with van der Waals surface area (Å²) in [6.45, 7) is 3.34. The molecule has 3 heterocycles. The van der Waals surface area contributed by atoms with Crippen molar-refractivity contribution in [3.8, 4) is 11.1 Å². The molecule has 0 radical (unpaired) electrons. The van der Waals surface area contributed by atoms with Gasteiger partial charge < -0.3 is 29.7 Å². The van der Waals surface area contributed by atoms with Gasteiger partial charge in [-0.3, -0.25) is 0 Å². The second-order valence-corrected chi connectivity index (χ2v) is 10.0. The number of alkyl halides is 3.